The van der Waals surface area contributed by atoms with E-state index in [-0.39, 0.29) is 40.2 Å². The van der Waals surface area contributed by atoms with E-state index in [1.807, 2.05) is 288 Å². The molecule has 0 aliphatic carbocycles. The van der Waals surface area contributed by atoms with Gasteiger partial charge in [-0.25, -0.2) is 0 Å². The summed E-state index contributed by atoms with van der Waals surface area (Å²) in [7, 11) is 4.00. The Bertz CT molecular complexity index is 4030. The number of benzene rings is 5. The van der Waals surface area contributed by atoms with Gasteiger partial charge in [0, 0.05) is 162 Å². The second-order valence-corrected chi connectivity index (χ2v) is 27.1. The summed E-state index contributed by atoms with van der Waals surface area (Å²) in [6.07, 6.45) is 19.4. The number of nitrogens with zero attached hydrogens (tertiary/aromatic N) is 1. The molecule has 6 aromatic heterocycles. The first-order chi connectivity index (χ1) is 48.1. The van der Waals surface area contributed by atoms with Gasteiger partial charge in [-0.1, -0.05) is 115 Å². The predicted octanol–water partition coefficient (Wildman–Crippen LogP) is 20.0. The van der Waals surface area contributed by atoms with Crippen LogP contribution in [0.5, 0.6) is 0 Å². The summed E-state index contributed by atoms with van der Waals surface area (Å²) < 4.78 is 0. The van der Waals surface area contributed by atoms with E-state index in [4.69, 9.17) is 0 Å². The van der Waals surface area contributed by atoms with Gasteiger partial charge in [0.15, 0.2) is 34.7 Å². The van der Waals surface area contributed by atoms with Crippen molar-refractivity contribution in [3.05, 3.63) is 365 Å². The van der Waals surface area contributed by atoms with E-state index >= 15 is 0 Å². The normalized spacial score (nSPS) is 10.8. The van der Waals surface area contributed by atoms with Crippen LogP contribution < -0.4 is 36.8 Å². The molecule has 99 heavy (non-hydrogen) atoms. The number of anilines is 4. The van der Waals surface area contributed by atoms with Crippen molar-refractivity contribution in [3.8, 4) is 0 Å². The van der Waals surface area contributed by atoms with Gasteiger partial charge in [-0.15, -0.1) is 34.0 Å². The van der Waals surface area contributed by atoms with Crippen molar-refractivity contribution >= 4 is 125 Å². The molecule has 0 radical (unpaired) electrons. The number of ketones is 6. The van der Waals surface area contributed by atoms with Crippen LogP contribution in [0.3, 0.4) is 0 Å². The fourth-order valence-corrected chi connectivity index (χ4v) is 11.6. The first kappa shape index (κ1) is 77.4. The molecular weight excluding hydrogens is 1350 g/mol. The van der Waals surface area contributed by atoms with Gasteiger partial charge in [0.05, 0.1) is 14.6 Å². The Morgan fingerprint density at radius 3 is 0.970 bits per heavy atom. The van der Waals surface area contributed by atoms with E-state index in [1.54, 1.807) is 67.6 Å². The molecule has 0 aliphatic rings. The summed E-state index contributed by atoms with van der Waals surface area (Å²) in [6.45, 7) is 7.61. The molecule has 11 rings (SSSR count). The summed E-state index contributed by atoms with van der Waals surface area (Å²) in [5.74, 6) is 0.186. The van der Waals surface area contributed by atoms with Crippen LogP contribution in [0.4, 0.5) is 22.7 Å². The molecule has 6 N–H and O–H groups in total. The van der Waals surface area contributed by atoms with Crippen molar-refractivity contribution in [1.82, 2.24) is 16.0 Å². The smallest absolute Gasteiger partial charge is 0.197 e. The molecule has 0 atom stereocenters. The zero-order valence-electron chi connectivity index (χ0n) is 55.4. The monoisotopic (exact) mass is 1430 g/mol. The number of carbonyl (C=O) groups excluding carboxylic acids is 6. The molecule has 0 saturated heterocycles. The molecule has 0 amide bonds. The van der Waals surface area contributed by atoms with Gasteiger partial charge in [-0.05, 0) is 149 Å². The molecule has 0 bridgehead atoms. The maximum absolute atomic E-state index is 11.7. The Morgan fingerprint density at radius 1 is 0.343 bits per heavy atom. The number of thiophene rings is 6. The zero-order valence-corrected chi connectivity index (χ0v) is 60.3. The molecule has 19 heteroatoms. The van der Waals surface area contributed by atoms with Crippen LogP contribution in [0.25, 0.3) is 0 Å². The van der Waals surface area contributed by atoms with Gasteiger partial charge in [0.1, 0.15) is 0 Å². The average molecular weight is 1430 g/mol. The number of carbonyl (C=O) groups is 6. The Hall–Kier alpha value is -10.6. The summed E-state index contributed by atoms with van der Waals surface area (Å²) in [6, 6.07) is 64.2. The van der Waals surface area contributed by atoms with E-state index < -0.39 is 0 Å². The van der Waals surface area contributed by atoms with Crippen LogP contribution in [-0.4, -0.2) is 54.3 Å². The van der Waals surface area contributed by atoms with Crippen molar-refractivity contribution in [2.45, 2.75) is 39.4 Å². The van der Waals surface area contributed by atoms with Crippen LogP contribution >= 0.6 is 68.0 Å². The topological polar surface area (TPSA) is 178 Å². The van der Waals surface area contributed by atoms with Crippen LogP contribution in [0, 0.1) is 0 Å². The van der Waals surface area contributed by atoms with Crippen molar-refractivity contribution in [2.24, 2.45) is 0 Å². The molecule has 6 heterocycles. The third-order valence-corrected chi connectivity index (χ3v) is 17.6. The molecule has 13 nitrogen and oxygen atoms in total. The van der Waals surface area contributed by atoms with E-state index in [0.717, 1.165) is 67.2 Å². The van der Waals surface area contributed by atoms with Crippen molar-refractivity contribution < 1.29 is 28.8 Å². The molecule has 11 aromatic rings. The van der Waals surface area contributed by atoms with Crippen LogP contribution in [0.1, 0.15) is 92.0 Å². The Balaban J connectivity index is 0.000000188. The van der Waals surface area contributed by atoms with Crippen molar-refractivity contribution in [2.75, 3.05) is 34.9 Å². The van der Waals surface area contributed by atoms with E-state index in [1.165, 1.54) is 85.2 Å². The molecule has 0 spiro atoms. The van der Waals surface area contributed by atoms with Gasteiger partial charge in [-0.2, -0.15) is 34.0 Å². The summed E-state index contributed by atoms with van der Waals surface area (Å²) in [5.41, 5.74) is 8.66. The minimum Gasteiger partial charge on any atom is -0.387 e. The lowest BCUT2D eigenvalue weighted by atomic mass is 10.1. The second-order valence-electron chi connectivity index (χ2n) is 21.9. The zero-order chi connectivity index (χ0) is 70.6. The van der Waals surface area contributed by atoms with E-state index in [9.17, 15) is 28.8 Å². The molecule has 0 unspecified atom stereocenters. The number of allylic oxidation sites excluding steroid dienone is 6. The number of para-hydroxylation sites is 2. The highest BCUT2D eigenvalue weighted by Crippen LogP contribution is 2.18. The highest BCUT2D eigenvalue weighted by atomic mass is 32.1. The van der Waals surface area contributed by atoms with Crippen LogP contribution in [0.15, 0.2) is 322 Å². The third kappa shape index (κ3) is 32.3. The summed E-state index contributed by atoms with van der Waals surface area (Å²) >= 11 is 8.94. The third-order valence-electron chi connectivity index (χ3n) is 12.8. The quantitative estimate of drug-likeness (QED) is 0.0223. The molecule has 0 aliphatic heterocycles. The molecule has 0 fully saturated rings. The van der Waals surface area contributed by atoms with Crippen LogP contribution in [0.2, 0.25) is 0 Å². The van der Waals surface area contributed by atoms with E-state index in [2.05, 4.69) is 31.9 Å². The van der Waals surface area contributed by atoms with Gasteiger partial charge in [0.25, 0.3) is 0 Å². The molecule has 0 saturated carbocycles. The number of hydrogen-bond acceptors (Lipinski definition) is 19. The maximum atomic E-state index is 11.7. The Labute approximate surface area is 604 Å². The van der Waals surface area contributed by atoms with Gasteiger partial charge < -0.3 is 36.8 Å². The minimum absolute atomic E-state index is 0.00538. The Kier molecular flexibility index (Phi) is 35.1. The second kappa shape index (κ2) is 45.0. The number of rotatable bonds is 26. The summed E-state index contributed by atoms with van der Waals surface area (Å²) in [5, 5.41) is 35.4. The van der Waals surface area contributed by atoms with Crippen molar-refractivity contribution in [3.63, 3.8) is 0 Å². The lowest BCUT2D eigenvalue weighted by molar-refractivity contribution is 0.103. The minimum atomic E-state index is 0.00538. The SMILES string of the molecule is CC(C)(C)N/C=C\C(=O)c1ccsc1.CN(C)c1ccc(N/C=C\C(=O)c2cccs2)cc1.O=C(/C=C\NCc1ccccc1)c1cccs1.O=C(/C=C\NCc1ccccc1)c1ccsc1.O=C(/C=C\Nc1ccccc1)c1cccs1.O=C(/C=C\Nc1ccccc1)c1ccsc1. The van der Waals surface area contributed by atoms with Gasteiger partial charge in [0.2, 0.25) is 0 Å². The number of hydrogen-bond donors (Lipinski definition) is 6. The maximum Gasteiger partial charge on any atom is 0.197 e. The van der Waals surface area contributed by atoms with Gasteiger partial charge in [-0.3, -0.25) is 28.8 Å². The first-order valence-electron chi connectivity index (χ1n) is 31.0. The first-order valence-corrected chi connectivity index (χ1v) is 36.5. The average Bonchev–Trinajstić information content (AvgIpc) is 2.13. The standard InChI is InChI=1S/C15H16N2OS.2C14H13NOS.2C13H11NOS.C11H15NOS/c1-17(2)13-7-5-12(6-8-13)16-10-9-14(18)15-4-3-11-19-15;16-13(14-7-4-10-17-14)8-9-15-11-12-5-2-1-3-6-12;16-14(13-7-9-17-11-13)6-8-15-10-12-4-2-1-3-5-12;15-12(13-7-4-10-16-13)8-9-14-11-5-2-1-3-6-11;15-13(11-7-9-16-10-11)6-8-14-12-4-2-1-3-5-12;1-11(2,3)12-6-4-10(13)9-5-7-14-8-9/h3-11,16H,1-2H3;1-10,15H,11H2;1-9,11,15H,10H2;2*1-10,14H;4-8,12H,1-3H3/b10-9-;9-8-;8-6-;9-8-;8-6-;6-4-. The van der Waals surface area contributed by atoms with Crippen molar-refractivity contribution in [1.29, 1.82) is 0 Å². The lowest BCUT2D eigenvalue weighted by Crippen LogP contribution is -2.31. The predicted molar refractivity (Wildman–Crippen MR) is 421 cm³/mol. The van der Waals surface area contributed by atoms with Crippen LogP contribution in [-0.2, 0) is 13.1 Å². The highest BCUT2D eigenvalue weighted by molar-refractivity contribution is 7.13. The molecular formula is C80H79N7O6S6. The fourth-order valence-electron chi connectivity index (χ4n) is 7.75. The highest BCUT2D eigenvalue weighted by Gasteiger charge is 2.08. The molecule has 506 valence electrons. The fraction of sp³-hybridized carbons (Fsp3) is 0.100. The Morgan fingerprint density at radius 2 is 0.657 bits per heavy atom. The molecule has 5 aromatic carbocycles. The summed E-state index contributed by atoms with van der Waals surface area (Å²) in [4.78, 5) is 73.9. The number of nitrogens with one attached hydrogen (secondary N) is 6. The van der Waals surface area contributed by atoms with E-state index in [0.29, 0.717) is 0 Å². The van der Waals surface area contributed by atoms with Gasteiger partial charge >= 0.3 is 0 Å². The largest absolute Gasteiger partial charge is 0.387 e. The lowest BCUT2D eigenvalue weighted by Gasteiger charge is -2.18.